The van der Waals surface area contributed by atoms with E-state index in [2.05, 4.69) is 16.8 Å². The van der Waals surface area contributed by atoms with Crippen LogP contribution in [-0.2, 0) is 6.54 Å². The summed E-state index contributed by atoms with van der Waals surface area (Å²) in [5, 5.41) is 27.9. The molecule has 0 atom stereocenters. The third kappa shape index (κ3) is 2.77. The molecule has 6 heteroatoms. The van der Waals surface area contributed by atoms with Crippen molar-refractivity contribution < 1.29 is 15.0 Å². The average Bonchev–Trinajstić information content (AvgIpc) is 2.86. The first-order chi connectivity index (χ1) is 11.6. The Bertz CT molecular complexity index is 940. The van der Waals surface area contributed by atoms with Crippen molar-refractivity contribution in [2.24, 2.45) is 10.2 Å². The van der Waals surface area contributed by atoms with E-state index in [9.17, 15) is 15.0 Å². The number of azo groups is 1. The fourth-order valence-corrected chi connectivity index (χ4v) is 2.44. The Kier molecular flexibility index (Phi) is 4.11. The van der Waals surface area contributed by atoms with Gasteiger partial charge in [-0.2, -0.15) is 0 Å². The molecule has 0 radical (unpaired) electrons. The van der Waals surface area contributed by atoms with Crippen molar-refractivity contribution in [3.05, 3.63) is 66.7 Å². The molecule has 1 heterocycles. The summed E-state index contributed by atoms with van der Waals surface area (Å²) in [6.45, 7) is 4.08. The molecule has 6 nitrogen and oxygen atoms in total. The molecule has 3 rings (SSSR count). The van der Waals surface area contributed by atoms with E-state index in [1.807, 2.05) is 18.2 Å². The molecule has 0 aliphatic heterocycles. The number of fused-ring (bicyclic) bond motifs is 1. The van der Waals surface area contributed by atoms with Gasteiger partial charge in [0.05, 0.1) is 5.52 Å². The highest BCUT2D eigenvalue weighted by atomic mass is 16.3. The third-order valence-corrected chi connectivity index (χ3v) is 3.58. The van der Waals surface area contributed by atoms with Crippen molar-refractivity contribution in [2.75, 3.05) is 0 Å². The summed E-state index contributed by atoms with van der Waals surface area (Å²) >= 11 is 0. The maximum absolute atomic E-state index is 12.1. The van der Waals surface area contributed by atoms with Gasteiger partial charge in [-0.05, 0) is 30.3 Å². The van der Waals surface area contributed by atoms with Gasteiger partial charge in [0.2, 0.25) is 5.88 Å². The largest absolute Gasteiger partial charge is 0.508 e. The molecule has 0 bridgehead atoms. The second-order valence-corrected chi connectivity index (χ2v) is 5.14. The lowest BCUT2D eigenvalue weighted by Crippen LogP contribution is -1.93. The van der Waals surface area contributed by atoms with Gasteiger partial charge in [0.25, 0.3) is 5.91 Å². The monoisotopic (exact) mass is 321 g/mol. The van der Waals surface area contributed by atoms with Crippen LogP contribution in [0.5, 0.6) is 11.6 Å². The summed E-state index contributed by atoms with van der Waals surface area (Å²) in [6, 6.07) is 13.0. The average molecular weight is 321 g/mol. The lowest BCUT2D eigenvalue weighted by atomic mass is 10.2. The van der Waals surface area contributed by atoms with E-state index >= 15 is 0 Å². The normalized spacial score (nSPS) is 11.2. The minimum Gasteiger partial charge on any atom is -0.508 e. The van der Waals surface area contributed by atoms with E-state index in [1.165, 1.54) is 24.3 Å². The number of amides is 1. The molecule has 2 N–H and O–H groups in total. The maximum atomic E-state index is 12.1. The first kappa shape index (κ1) is 15.5. The van der Waals surface area contributed by atoms with Crippen molar-refractivity contribution in [3.8, 4) is 11.6 Å². The topological polar surface area (TPSA) is 87.2 Å². The summed E-state index contributed by atoms with van der Waals surface area (Å²) in [6.07, 6.45) is 1.66. The number of aromatic hydroxyl groups is 2. The van der Waals surface area contributed by atoms with Crippen molar-refractivity contribution >= 4 is 22.5 Å². The van der Waals surface area contributed by atoms with Crippen LogP contribution in [0.15, 0.2) is 71.4 Å². The van der Waals surface area contributed by atoms with Gasteiger partial charge in [0, 0.05) is 17.5 Å². The number of rotatable bonds is 4. The van der Waals surface area contributed by atoms with Crippen LogP contribution in [0.3, 0.4) is 0 Å². The van der Waals surface area contributed by atoms with Gasteiger partial charge in [0.15, 0.2) is 5.69 Å². The van der Waals surface area contributed by atoms with Crippen LogP contribution in [0.4, 0.5) is 5.69 Å². The van der Waals surface area contributed by atoms with Crippen LogP contribution >= 0.6 is 0 Å². The Morgan fingerprint density at radius 1 is 1.12 bits per heavy atom. The van der Waals surface area contributed by atoms with Gasteiger partial charge in [0.1, 0.15) is 5.75 Å². The van der Waals surface area contributed by atoms with E-state index < -0.39 is 5.91 Å². The molecule has 1 aromatic heterocycles. The quantitative estimate of drug-likeness (QED) is 0.558. The van der Waals surface area contributed by atoms with Gasteiger partial charge in [-0.1, -0.05) is 24.3 Å². The minimum absolute atomic E-state index is 0.0635. The molecule has 0 spiro atoms. The maximum Gasteiger partial charge on any atom is 0.295 e. The molecule has 1 amide bonds. The minimum atomic E-state index is -0.560. The molecule has 0 aliphatic rings. The Hall–Kier alpha value is -3.41. The van der Waals surface area contributed by atoms with Crippen molar-refractivity contribution in [1.82, 2.24) is 4.57 Å². The van der Waals surface area contributed by atoms with Crippen LogP contribution < -0.4 is 0 Å². The fourth-order valence-electron chi connectivity index (χ4n) is 2.44. The van der Waals surface area contributed by atoms with Gasteiger partial charge < -0.3 is 14.8 Å². The number of phenolic OH excluding ortho intramolecular Hbond substituents is 1. The van der Waals surface area contributed by atoms with Crippen molar-refractivity contribution in [2.45, 2.75) is 6.54 Å². The van der Waals surface area contributed by atoms with E-state index in [0.717, 1.165) is 5.52 Å². The molecule has 120 valence electrons. The SMILES string of the molecule is C=CCn1c(O)c(N=NC(=O)c2ccc(O)cc2)c2ccccc21. The number of carbonyl (C=O) groups excluding carboxylic acids is 1. The predicted octanol–water partition coefficient (Wildman–Crippen LogP) is 4.16. The van der Waals surface area contributed by atoms with E-state index in [-0.39, 0.29) is 17.3 Å². The van der Waals surface area contributed by atoms with E-state index in [0.29, 0.717) is 17.5 Å². The van der Waals surface area contributed by atoms with Crippen LogP contribution in [0.2, 0.25) is 0 Å². The Morgan fingerprint density at radius 3 is 2.54 bits per heavy atom. The predicted molar refractivity (Wildman–Crippen MR) is 90.8 cm³/mol. The number of benzene rings is 2. The van der Waals surface area contributed by atoms with E-state index in [1.54, 1.807) is 16.7 Å². The number of carbonyl (C=O) groups is 1. The first-order valence-electron chi connectivity index (χ1n) is 7.28. The standard InChI is InChI=1S/C18H15N3O3/c1-2-11-21-15-6-4-3-5-14(15)16(18(21)24)19-20-17(23)12-7-9-13(22)10-8-12/h2-10,22,24H,1,11H2. The summed E-state index contributed by atoms with van der Waals surface area (Å²) in [5.41, 5.74) is 1.31. The van der Waals surface area contributed by atoms with Crippen LogP contribution in [0, 0.1) is 0 Å². The van der Waals surface area contributed by atoms with Gasteiger partial charge >= 0.3 is 0 Å². The summed E-state index contributed by atoms with van der Waals surface area (Å²) in [5.74, 6) is -0.568. The fraction of sp³-hybridized carbons (Fsp3) is 0.0556. The number of allylic oxidation sites excluding steroid dienone is 1. The molecular formula is C18H15N3O3. The zero-order valence-corrected chi connectivity index (χ0v) is 12.8. The molecule has 0 saturated carbocycles. The molecule has 3 aromatic rings. The first-order valence-corrected chi connectivity index (χ1v) is 7.28. The molecule has 0 unspecified atom stereocenters. The number of aromatic nitrogens is 1. The van der Waals surface area contributed by atoms with E-state index in [4.69, 9.17) is 0 Å². The molecule has 0 saturated heterocycles. The van der Waals surface area contributed by atoms with Crippen LogP contribution in [-0.4, -0.2) is 20.7 Å². The number of hydrogen-bond acceptors (Lipinski definition) is 4. The second kappa shape index (κ2) is 6.37. The second-order valence-electron chi connectivity index (χ2n) is 5.14. The zero-order valence-electron chi connectivity index (χ0n) is 12.8. The number of para-hydroxylation sites is 1. The summed E-state index contributed by atoms with van der Waals surface area (Å²) in [7, 11) is 0. The van der Waals surface area contributed by atoms with Crippen LogP contribution in [0.25, 0.3) is 10.9 Å². The third-order valence-electron chi connectivity index (χ3n) is 3.58. The molecule has 24 heavy (non-hydrogen) atoms. The molecule has 0 fully saturated rings. The highest BCUT2D eigenvalue weighted by Crippen LogP contribution is 2.38. The Balaban J connectivity index is 2.00. The van der Waals surface area contributed by atoms with Crippen molar-refractivity contribution in [1.29, 1.82) is 0 Å². The molecule has 2 aromatic carbocycles. The Labute approximate surface area is 138 Å². The van der Waals surface area contributed by atoms with Gasteiger partial charge in [-0.3, -0.25) is 4.79 Å². The highest BCUT2D eigenvalue weighted by Gasteiger charge is 2.16. The zero-order chi connectivity index (χ0) is 17.1. The lowest BCUT2D eigenvalue weighted by Gasteiger charge is -2.01. The van der Waals surface area contributed by atoms with Crippen molar-refractivity contribution in [3.63, 3.8) is 0 Å². The Morgan fingerprint density at radius 2 is 1.83 bits per heavy atom. The smallest absolute Gasteiger partial charge is 0.295 e. The molecular weight excluding hydrogens is 306 g/mol. The summed E-state index contributed by atoms with van der Waals surface area (Å²) in [4.78, 5) is 12.1. The van der Waals surface area contributed by atoms with Crippen LogP contribution in [0.1, 0.15) is 10.4 Å². The highest BCUT2D eigenvalue weighted by molar-refractivity contribution is 5.97. The summed E-state index contributed by atoms with van der Waals surface area (Å²) < 4.78 is 1.64. The number of phenols is 1. The number of nitrogens with zero attached hydrogens (tertiary/aromatic N) is 3. The number of hydrogen-bond donors (Lipinski definition) is 2. The van der Waals surface area contributed by atoms with Gasteiger partial charge in [-0.25, -0.2) is 0 Å². The van der Waals surface area contributed by atoms with Gasteiger partial charge in [-0.15, -0.1) is 16.8 Å². The lowest BCUT2D eigenvalue weighted by molar-refractivity contribution is 0.0995. The molecule has 0 aliphatic carbocycles.